The third-order valence-corrected chi connectivity index (χ3v) is 2.62. The van der Waals surface area contributed by atoms with E-state index in [9.17, 15) is 4.79 Å². The van der Waals surface area contributed by atoms with E-state index in [4.69, 9.17) is 5.73 Å². The number of carbonyl (C=O) groups is 1. The number of aryl methyl sites for hydroxylation is 2. The van der Waals surface area contributed by atoms with Crippen molar-refractivity contribution in [1.82, 2.24) is 9.55 Å². The maximum absolute atomic E-state index is 10.9. The highest BCUT2D eigenvalue weighted by Gasteiger charge is 2.05. The van der Waals surface area contributed by atoms with Gasteiger partial charge >= 0.3 is 0 Å². The molecule has 82 valence electrons. The molecule has 0 bridgehead atoms. The minimum atomic E-state index is -0.511. The summed E-state index contributed by atoms with van der Waals surface area (Å²) >= 11 is 0. The Morgan fingerprint density at radius 2 is 2.06 bits per heavy atom. The van der Waals surface area contributed by atoms with E-state index in [2.05, 4.69) is 11.9 Å². The Labute approximate surface area is 93.7 Å². The molecule has 0 radical (unpaired) electrons. The summed E-state index contributed by atoms with van der Waals surface area (Å²) < 4.78 is 1.78. The first kappa shape index (κ1) is 10.4. The van der Waals surface area contributed by atoms with E-state index in [1.54, 1.807) is 17.1 Å². The number of hydrogen-bond donors (Lipinski definition) is 1. The van der Waals surface area contributed by atoms with E-state index in [0.717, 1.165) is 5.69 Å². The molecule has 4 heteroatoms. The number of imidazole rings is 1. The highest BCUT2D eigenvalue weighted by Crippen LogP contribution is 2.14. The van der Waals surface area contributed by atoms with Gasteiger partial charge in [0.2, 0.25) is 0 Å². The zero-order valence-electron chi connectivity index (χ0n) is 9.27. The molecule has 2 rings (SSSR count). The number of rotatable bonds is 2. The summed E-state index contributed by atoms with van der Waals surface area (Å²) in [6.07, 6.45) is 3.22. The SMILES string of the molecule is Cc1ccc(-n2cnc(C(N)=O)c2)cc1C. The van der Waals surface area contributed by atoms with E-state index in [1.807, 2.05) is 25.1 Å². The molecule has 2 N–H and O–H groups in total. The molecule has 1 heterocycles. The van der Waals surface area contributed by atoms with E-state index in [-0.39, 0.29) is 5.69 Å². The number of benzene rings is 1. The normalized spacial score (nSPS) is 10.4. The summed E-state index contributed by atoms with van der Waals surface area (Å²) in [7, 11) is 0. The summed E-state index contributed by atoms with van der Waals surface area (Å²) in [5, 5.41) is 0. The van der Waals surface area contributed by atoms with Crippen molar-refractivity contribution in [3.63, 3.8) is 0 Å². The van der Waals surface area contributed by atoms with Crippen LogP contribution in [0, 0.1) is 13.8 Å². The van der Waals surface area contributed by atoms with Crippen molar-refractivity contribution in [2.45, 2.75) is 13.8 Å². The third kappa shape index (κ3) is 1.82. The van der Waals surface area contributed by atoms with Crippen LogP contribution in [0.15, 0.2) is 30.7 Å². The minimum absolute atomic E-state index is 0.276. The molecule has 0 saturated heterocycles. The van der Waals surface area contributed by atoms with Crippen LogP contribution in [0.5, 0.6) is 0 Å². The van der Waals surface area contributed by atoms with Gasteiger partial charge in [-0.3, -0.25) is 4.79 Å². The molecule has 0 atom stereocenters. The lowest BCUT2D eigenvalue weighted by Crippen LogP contribution is -2.11. The Morgan fingerprint density at radius 3 is 2.62 bits per heavy atom. The van der Waals surface area contributed by atoms with Gasteiger partial charge in [0.05, 0.1) is 0 Å². The molecule has 1 amide bonds. The smallest absolute Gasteiger partial charge is 0.268 e. The molecule has 0 fully saturated rings. The van der Waals surface area contributed by atoms with Crippen LogP contribution in [-0.2, 0) is 0 Å². The van der Waals surface area contributed by atoms with Crippen molar-refractivity contribution in [1.29, 1.82) is 0 Å². The van der Waals surface area contributed by atoms with Crippen LogP contribution in [-0.4, -0.2) is 15.5 Å². The first-order chi connectivity index (χ1) is 7.58. The molecular weight excluding hydrogens is 202 g/mol. The first-order valence-electron chi connectivity index (χ1n) is 4.99. The van der Waals surface area contributed by atoms with Gasteiger partial charge in [-0.2, -0.15) is 0 Å². The van der Waals surface area contributed by atoms with Gasteiger partial charge in [0.15, 0.2) is 0 Å². The monoisotopic (exact) mass is 215 g/mol. The van der Waals surface area contributed by atoms with Crippen molar-refractivity contribution in [3.05, 3.63) is 47.5 Å². The Kier molecular flexibility index (Phi) is 2.48. The third-order valence-electron chi connectivity index (χ3n) is 2.62. The van der Waals surface area contributed by atoms with Crippen LogP contribution < -0.4 is 5.73 Å². The highest BCUT2D eigenvalue weighted by molar-refractivity contribution is 5.90. The van der Waals surface area contributed by atoms with Crippen LogP contribution in [0.25, 0.3) is 5.69 Å². The van der Waals surface area contributed by atoms with E-state index < -0.39 is 5.91 Å². The van der Waals surface area contributed by atoms with Crippen molar-refractivity contribution < 1.29 is 4.79 Å². The van der Waals surface area contributed by atoms with Crippen LogP contribution in [0.1, 0.15) is 21.6 Å². The number of amides is 1. The molecule has 0 spiro atoms. The number of primary amides is 1. The second-order valence-electron chi connectivity index (χ2n) is 3.80. The zero-order chi connectivity index (χ0) is 11.7. The number of carbonyl (C=O) groups excluding carboxylic acids is 1. The quantitative estimate of drug-likeness (QED) is 0.826. The van der Waals surface area contributed by atoms with Crippen molar-refractivity contribution >= 4 is 5.91 Å². The van der Waals surface area contributed by atoms with Crippen LogP contribution >= 0.6 is 0 Å². The van der Waals surface area contributed by atoms with Gasteiger partial charge in [-0.25, -0.2) is 4.98 Å². The standard InChI is InChI=1S/C12H13N3O/c1-8-3-4-10(5-9(8)2)15-6-11(12(13)16)14-7-15/h3-7H,1-2H3,(H2,13,16). The summed E-state index contributed by atoms with van der Waals surface area (Å²) in [5.74, 6) is -0.511. The fraction of sp³-hybridized carbons (Fsp3) is 0.167. The van der Waals surface area contributed by atoms with Crippen LogP contribution in [0.3, 0.4) is 0 Å². The Hall–Kier alpha value is -2.10. The summed E-state index contributed by atoms with van der Waals surface area (Å²) in [4.78, 5) is 14.8. The lowest BCUT2D eigenvalue weighted by Gasteiger charge is -2.05. The largest absolute Gasteiger partial charge is 0.364 e. The molecule has 16 heavy (non-hydrogen) atoms. The molecule has 0 aliphatic rings. The summed E-state index contributed by atoms with van der Waals surface area (Å²) in [5.41, 5.74) is 8.83. The van der Waals surface area contributed by atoms with Gasteiger partial charge in [-0.15, -0.1) is 0 Å². The Balaban J connectivity index is 2.42. The average molecular weight is 215 g/mol. The maximum Gasteiger partial charge on any atom is 0.268 e. The summed E-state index contributed by atoms with van der Waals surface area (Å²) in [6.45, 7) is 4.10. The first-order valence-corrected chi connectivity index (χ1v) is 4.99. The lowest BCUT2D eigenvalue weighted by molar-refractivity contribution is 0.0996. The van der Waals surface area contributed by atoms with Gasteiger partial charge in [0.25, 0.3) is 5.91 Å². The zero-order valence-corrected chi connectivity index (χ0v) is 9.27. The number of nitrogens with zero attached hydrogens (tertiary/aromatic N) is 2. The maximum atomic E-state index is 10.9. The molecule has 0 aliphatic heterocycles. The predicted octanol–water partition coefficient (Wildman–Crippen LogP) is 1.59. The van der Waals surface area contributed by atoms with Gasteiger partial charge < -0.3 is 10.3 Å². The molecular formula is C12H13N3O. The molecule has 1 aromatic carbocycles. The Morgan fingerprint density at radius 1 is 1.31 bits per heavy atom. The number of hydrogen-bond acceptors (Lipinski definition) is 2. The summed E-state index contributed by atoms with van der Waals surface area (Å²) in [6, 6.07) is 6.06. The Bertz CT molecular complexity index is 543. The highest BCUT2D eigenvalue weighted by atomic mass is 16.1. The van der Waals surface area contributed by atoms with Crippen LogP contribution in [0.4, 0.5) is 0 Å². The van der Waals surface area contributed by atoms with E-state index in [0.29, 0.717) is 0 Å². The molecule has 0 unspecified atom stereocenters. The number of aromatic nitrogens is 2. The topological polar surface area (TPSA) is 60.9 Å². The molecule has 0 aliphatic carbocycles. The van der Waals surface area contributed by atoms with Crippen molar-refractivity contribution in [3.8, 4) is 5.69 Å². The van der Waals surface area contributed by atoms with Gasteiger partial charge in [-0.05, 0) is 37.1 Å². The molecule has 0 saturated carbocycles. The lowest BCUT2D eigenvalue weighted by atomic mass is 10.1. The molecule has 1 aromatic heterocycles. The fourth-order valence-corrected chi connectivity index (χ4v) is 1.48. The van der Waals surface area contributed by atoms with E-state index >= 15 is 0 Å². The van der Waals surface area contributed by atoms with Crippen molar-refractivity contribution in [2.24, 2.45) is 5.73 Å². The van der Waals surface area contributed by atoms with E-state index in [1.165, 1.54) is 11.1 Å². The average Bonchev–Trinajstić information content (AvgIpc) is 2.71. The predicted molar refractivity (Wildman–Crippen MR) is 61.6 cm³/mol. The second kappa shape index (κ2) is 3.81. The van der Waals surface area contributed by atoms with Crippen molar-refractivity contribution in [2.75, 3.05) is 0 Å². The second-order valence-corrected chi connectivity index (χ2v) is 3.80. The van der Waals surface area contributed by atoms with Crippen LogP contribution in [0.2, 0.25) is 0 Å². The van der Waals surface area contributed by atoms with Gasteiger partial charge in [-0.1, -0.05) is 6.07 Å². The van der Waals surface area contributed by atoms with Gasteiger partial charge in [0, 0.05) is 11.9 Å². The molecule has 2 aromatic rings. The van der Waals surface area contributed by atoms with Gasteiger partial charge in [0.1, 0.15) is 12.0 Å². The fourth-order valence-electron chi connectivity index (χ4n) is 1.48. The molecule has 4 nitrogen and oxygen atoms in total. The number of nitrogens with two attached hydrogens (primary N) is 1. The minimum Gasteiger partial charge on any atom is -0.364 e.